The summed E-state index contributed by atoms with van der Waals surface area (Å²) in [6, 6.07) is 0. The molecule has 0 fully saturated rings. The van der Waals surface area contributed by atoms with Crippen molar-refractivity contribution in [1.29, 1.82) is 0 Å². The lowest BCUT2D eigenvalue weighted by Gasteiger charge is -2.09. The Bertz CT molecular complexity index is 314. The van der Waals surface area contributed by atoms with Gasteiger partial charge in [-0.25, -0.2) is 0 Å². The van der Waals surface area contributed by atoms with Crippen molar-refractivity contribution in [2.45, 2.75) is 53.4 Å². The molecule has 0 radical (unpaired) electrons. The molecule has 1 rings (SSSR count). The van der Waals surface area contributed by atoms with Crippen molar-refractivity contribution in [2.24, 2.45) is 0 Å². The fourth-order valence-corrected chi connectivity index (χ4v) is 1.40. The minimum absolute atomic E-state index is 0.586. The fourth-order valence-electron chi connectivity index (χ4n) is 1.40. The summed E-state index contributed by atoms with van der Waals surface area (Å²) in [5, 5.41) is 9.36. The molecule has 20 heavy (non-hydrogen) atoms. The standard InChI is InChI=1S/C12H24N6.C2H6/c1-4-6-8-14-11-16-10(13-3)17-12(18-11)15-9-7-5-2;1-2/h4-9H2,1-3H3,(H3,13,14,15,16,17,18);1-2H3. The highest BCUT2D eigenvalue weighted by atomic mass is 15.3. The molecule has 1 heterocycles. The molecular formula is C14H30N6. The topological polar surface area (TPSA) is 74.8 Å². The molecule has 0 spiro atoms. The molecule has 0 saturated carbocycles. The maximum Gasteiger partial charge on any atom is 0.229 e. The second-order valence-electron chi connectivity index (χ2n) is 4.12. The third-order valence-electron chi connectivity index (χ3n) is 2.49. The molecule has 0 bridgehead atoms. The van der Waals surface area contributed by atoms with Gasteiger partial charge in [0, 0.05) is 20.1 Å². The molecule has 116 valence electrons. The number of nitrogens with zero attached hydrogens (tertiary/aromatic N) is 3. The second-order valence-corrected chi connectivity index (χ2v) is 4.12. The first-order chi connectivity index (χ1) is 9.80. The first-order valence-electron chi connectivity index (χ1n) is 7.71. The van der Waals surface area contributed by atoms with Gasteiger partial charge in [-0.2, -0.15) is 15.0 Å². The van der Waals surface area contributed by atoms with Gasteiger partial charge in [-0.1, -0.05) is 40.5 Å². The van der Waals surface area contributed by atoms with Crippen LogP contribution >= 0.6 is 0 Å². The third-order valence-corrected chi connectivity index (χ3v) is 2.49. The molecule has 0 amide bonds. The maximum absolute atomic E-state index is 4.34. The lowest BCUT2D eigenvalue weighted by molar-refractivity contribution is 0.815. The summed E-state index contributed by atoms with van der Waals surface area (Å²) >= 11 is 0. The second kappa shape index (κ2) is 12.4. The number of unbranched alkanes of at least 4 members (excludes halogenated alkanes) is 2. The van der Waals surface area contributed by atoms with Crippen LogP contribution in [0.2, 0.25) is 0 Å². The van der Waals surface area contributed by atoms with Gasteiger partial charge in [0.2, 0.25) is 17.8 Å². The Morgan fingerprint density at radius 3 is 1.50 bits per heavy atom. The molecule has 6 heteroatoms. The van der Waals surface area contributed by atoms with Gasteiger partial charge in [0.05, 0.1) is 0 Å². The summed E-state index contributed by atoms with van der Waals surface area (Å²) in [6.45, 7) is 10.1. The van der Waals surface area contributed by atoms with Crippen molar-refractivity contribution >= 4 is 17.8 Å². The van der Waals surface area contributed by atoms with Crippen molar-refractivity contribution < 1.29 is 0 Å². The van der Waals surface area contributed by atoms with E-state index in [2.05, 4.69) is 44.7 Å². The minimum atomic E-state index is 0.586. The van der Waals surface area contributed by atoms with E-state index < -0.39 is 0 Å². The zero-order valence-electron chi connectivity index (χ0n) is 13.6. The van der Waals surface area contributed by atoms with E-state index in [9.17, 15) is 0 Å². The van der Waals surface area contributed by atoms with Gasteiger partial charge in [-0.15, -0.1) is 0 Å². The highest BCUT2D eigenvalue weighted by molar-refractivity contribution is 5.41. The molecular weight excluding hydrogens is 252 g/mol. The molecule has 0 unspecified atom stereocenters. The molecule has 0 aliphatic carbocycles. The number of nitrogens with one attached hydrogen (secondary N) is 3. The van der Waals surface area contributed by atoms with Crippen molar-refractivity contribution in [1.82, 2.24) is 15.0 Å². The van der Waals surface area contributed by atoms with Crippen LogP contribution in [-0.4, -0.2) is 35.1 Å². The van der Waals surface area contributed by atoms with Crippen LogP contribution in [0.1, 0.15) is 53.4 Å². The Kier molecular flexibility index (Phi) is 11.5. The summed E-state index contributed by atoms with van der Waals surface area (Å²) < 4.78 is 0. The molecule has 0 aliphatic rings. The van der Waals surface area contributed by atoms with E-state index in [1.807, 2.05) is 13.8 Å². The van der Waals surface area contributed by atoms with Crippen LogP contribution in [0.5, 0.6) is 0 Å². The van der Waals surface area contributed by atoms with Gasteiger partial charge in [0.25, 0.3) is 0 Å². The normalized spacial score (nSPS) is 9.45. The van der Waals surface area contributed by atoms with E-state index in [4.69, 9.17) is 0 Å². The quantitative estimate of drug-likeness (QED) is 0.603. The fraction of sp³-hybridized carbons (Fsp3) is 0.786. The first kappa shape index (κ1) is 18.4. The summed E-state index contributed by atoms with van der Waals surface area (Å²) in [4.78, 5) is 12.9. The SMILES string of the molecule is CC.CCCCNc1nc(NC)nc(NCCCC)n1. The Labute approximate surface area is 123 Å². The van der Waals surface area contributed by atoms with Crippen molar-refractivity contribution in [3.63, 3.8) is 0 Å². The summed E-state index contributed by atoms with van der Waals surface area (Å²) in [5.41, 5.74) is 0. The van der Waals surface area contributed by atoms with Gasteiger partial charge in [-0.3, -0.25) is 0 Å². The molecule has 0 aromatic carbocycles. The van der Waals surface area contributed by atoms with Crippen LogP contribution < -0.4 is 16.0 Å². The van der Waals surface area contributed by atoms with E-state index in [0.717, 1.165) is 38.8 Å². The zero-order valence-corrected chi connectivity index (χ0v) is 13.6. The molecule has 1 aromatic heterocycles. The van der Waals surface area contributed by atoms with Crippen LogP contribution in [0.15, 0.2) is 0 Å². The number of anilines is 3. The monoisotopic (exact) mass is 282 g/mol. The molecule has 6 nitrogen and oxygen atoms in total. The van der Waals surface area contributed by atoms with Gasteiger partial charge >= 0.3 is 0 Å². The average molecular weight is 282 g/mol. The average Bonchev–Trinajstić information content (AvgIpc) is 2.49. The smallest absolute Gasteiger partial charge is 0.229 e. The van der Waals surface area contributed by atoms with Crippen LogP contribution in [0.3, 0.4) is 0 Å². The van der Waals surface area contributed by atoms with Crippen LogP contribution in [0.25, 0.3) is 0 Å². The summed E-state index contributed by atoms with van der Waals surface area (Å²) in [6.07, 6.45) is 4.52. The van der Waals surface area contributed by atoms with E-state index >= 15 is 0 Å². The Morgan fingerprint density at radius 2 is 1.15 bits per heavy atom. The van der Waals surface area contributed by atoms with E-state index in [1.165, 1.54) is 0 Å². The Morgan fingerprint density at radius 1 is 0.750 bits per heavy atom. The Balaban J connectivity index is 0.00000172. The van der Waals surface area contributed by atoms with E-state index in [1.54, 1.807) is 7.05 Å². The van der Waals surface area contributed by atoms with Crippen molar-refractivity contribution in [3.8, 4) is 0 Å². The largest absolute Gasteiger partial charge is 0.357 e. The molecule has 0 aliphatic heterocycles. The number of rotatable bonds is 9. The van der Waals surface area contributed by atoms with Gasteiger partial charge in [0.1, 0.15) is 0 Å². The van der Waals surface area contributed by atoms with Crippen LogP contribution in [-0.2, 0) is 0 Å². The van der Waals surface area contributed by atoms with Gasteiger partial charge in [-0.05, 0) is 12.8 Å². The minimum Gasteiger partial charge on any atom is -0.357 e. The molecule has 1 aromatic rings. The number of hydrogen-bond acceptors (Lipinski definition) is 6. The molecule has 3 N–H and O–H groups in total. The highest BCUT2D eigenvalue weighted by Crippen LogP contribution is 2.09. The first-order valence-corrected chi connectivity index (χ1v) is 7.71. The highest BCUT2D eigenvalue weighted by Gasteiger charge is 2.04. The summed E-state index contributed by atoms with van der Waals surface area (Å²) in [7, 11) is 1.81. The number of aromatic nitrogens is 3. The Hall–Kier alpha value is -1.59. The van der Waals surface area contributed by atoms with Gasteiger partial charge in [0.15, 0.2) is 0 Å². The van der Waals surface area contributed by atoms with Crippen molar-refractivity contribution in [2.75, 3.05) is 36.1 Å². The lowest BCUT2D eigenvalue weighted by Crippen LogP contribution is -2.12. The van der Waals surface area contributed by atoms with E-state index in [-0.39, 0.29) is 0 Å². The van der Waals surface area contributed by atoms with Gasteiger partial charge < -0.3 is 16.0 Å². The number of hydrogen-bond donors (Lipinski definition) is 3. The van der Waals surface area contributed by atoms with Crippen molar-refractivity contribution in [3.05, 3.63) is 0 Å². The molecule has 0 atom stereocenters. The summed E-state index contributed by atoms with van der Waals surface area (Å²) in [5.74, 6) is 1.84. The lowest BCUT2D eigenvalue weighted by atomic mass is 10.3. The maximum atomic E-state index is 4.34. The predicted octanol–water partition coefficient (Wildman–Crippen LogP) is 3.36. The zero-order chi connectivity index (χ0) is 15.2. The molecule has 0 saturated heterocycles. The van der Waals surface area contributed by atoms with Crippen LogP contribution in [0, 0.1) is 0 Å². The van der Waals surface area contributed by atoms with Crippen LogP contribution in [0.4, 0.5) is 17.8 Å². The predicted molar refractivity (Wildman–Crippen MR) is 87.5 cm³/mol. The third kappa shape index (κ3) is 7.76. The van der Waals surface area contributed by atoms with E-state index in [0.29, 0.717) is 17.8 Å².